The van der Waals surface area contributed by atoms with Gasteiger partial charge in [0.05, 0.1) is 12.2 Å². The van der Waals surface area contributed by atoms with Crippen LogP contribution in [0.1, 0.15) is 52.1 Å². The van der Waals surface area contributed by atoms with Gasteiger partial charge in [-0.05, 0) is 52.7 Å². The number of fused-ring (bicyclic) bond motifs is 1. The number of halogens is 1. The maximum Gasteiger partial charge on any atom is 0.321 e. The lowest BCUT2D eigenvalue weighted by Gasteiger charge is -2.43. The van der Waals surface area contributed by atoms with Crippen molar-refractivity contribution in [3.8, 4) is 0 Å². The van der Waals surface area contributed by atoms with Gasteiger partial charge < -0.3 is 14.3 Å². The first-order chi connectivity index (χ1) is 13.3. The highest BCUT2D eigenvalue weighted by atomic mass is 19.1. The van der Waals surface area contributed by atoms with Crippen LogP contribution >= 0.6 is 0 Å². The Hall–Kier alpha value is -2.15. The summed E-state index contributed by atoms with van der Waals surface area (Å²) in [6.07, 6.45) is 2.01. The minimum absolute atomic E-state index is 0.108. The van der Waals surface area contributed by atoms with Gasteiger partial charge in [-0.25, -0.2) is 9.18 Å². The summed E-state index contributed by atoms with van der Waals surface area (Å²) in [5.74, 6) is -0.0101. The zero-order valence-electron chi connectivity index (χ0n) is 17.1. The van der Waals surface area contributed by atoms with Crippen LogP contribution in [-0.4, -0.2) is 63.8 Å². The standard InChI is InChI=1S/C21H29FN4O2/c1-5-24-13-18(26(20(24)27)21(2,3)4)25-10-8-14(9-11-25)19-16-7-6-15(22)12-17(16)28-23-19/h6-7,12,14,18H,5,8-11,13H2,1-4H3. The zero-order valence-corrected chi connectivity index (χ0v) is 17.1. The van der Waals surface area contributed by atoms with Crippen molar-refractivity contribution in [2.24, 2.45) is 0 Å². The zero-order chi connectivity index (χ0) is 20.1. The molecule has 2 amide bonds. The Balaban J connectivity index is 1.49. The molecule has 7 heteroatoms. The first kappa shape index (κ1) is 19.2. The molecule has 2 aliphatic rings. The van der Waals surface area contributed by atoms with Crippen LogP contribution in [-0.2, 0) is 0 Å². The van der Waals surface area contributed by atoms with Gasteiger partial charge in [0.25, 0.3) is 0 Å². The second-order valence-electron chi connectivity index (χ2n) is 8.86. The average Bonchev–Trinajstić information content (AvgIpc) is 3.21. The van der Waals surface area contributed by atoms with Gasteiger partial charge in [0.2, 0.25) is 0 Å². The highest BCUT2D eigenvalue weighted by molar-refractivity contribution is 5.80. The number of likely N-dealkylation sites (tertiary alicyclic amines) is 1. The summed E-state index contributed by atoms with van der Waals surface area (Å²) in [4.78, 5) is 19.2. The molecule has 6 nitrogen and oxygen atoms in total. The topological polar surface area (TPSA) is 52.8 Å². The molecule has 0 saturated carbocycles. The van der Waals surface area contributed by atoms with E-state index in [4.69, 9.17) is 4.52 Å². The van der Waals surface area contributed by atoms with Crippen LogP contribution in [0.15, 0.2) is 22.7 Å². The summed E-state index contributed by atoms with van der Waals surface area (Å²) in [6.45, 7) is 11.6. The largest absolute Gasteiger partial charge is 0.356 e. The molecular formula is C21H29FN4O2. The van der Waals surface area contributed by atoms with Crippen molar-refractivity contribution >= 4 is 17.0 Å². The quantitative estimate of drug-likeness (QED) is 0.797. The lowest BCUT2D eigenvalue weighted by Crippen LogP contribution is -2.56. The third-order valence-corrected chi connectivity index (χ3v) is 6.06. The molecule has 2 saturated heterocycles. The Labute approximate surface area is 165 Å². The molecule has 0 N–H and O–H groups in total. The first-order valence-corrected chi connectivity index (χ1v) is 10.2. The molecule has 1 unspecified atom stereocenters. The molecule has 2 fully saturated rings. The Bertz CT molecular complexity index is 867. The van der Waals surface area contributed by atoms with Crippen molar-refractivity contribution in [3.63, 3.8) is 0 Å². The van der Waals surface area contributed by atoms with Crippen molar-refractivity contribution in [2.75, 3.05) is 26.2 Å². The predicted molar refractivity (Wildman–Crippen MR) is 106 cm³/mol. The lowest BCUT2D eigenvalue weighted by atomic mass is 9.91. The molecule has 0 spiro atoms. The van der Waals surface area contributed by atoms with E-state index >= 15 is 0 Å². The van der Waals surface area contributed by atoms with Crippen LogP contribution in [0.4, 0.5) is 9.18 Å². The van der Waals surface area contributed by atoms with Crippen LogP contribution in [0.25, 0.3) is 11.0 Å². The smallest absolute Gasteiger partial charge is 0.321 e. The van der Waals surface area contributed by atoms with Crippen molar-refractivity contribution in [1.29, 1.82) is 0 Å². The van der Waals surface area contributed by atoms with E-state index in [-0.39, 0.29) is 23.6 Å². The number of aromatic nitrogens is 1. The van der Waals surface area contributed by atoms with E-state index in [0.717, 1.165) is 50.1 Å². The van der Waals surface area contributed by atoms with Gasteiger partial charge in [-0.3, -0.25) is 4.90 Å². The second-order valence-corrected chi connectivity index (χ2v) is 8.86. The third-order valence-electron chi connectivity index (χ3n) is 6.06. The Morgan fingerprint density at radius 1 is 1.25 bits per heavy atom. The van der Waals surface area contributed by atoms with Crippen molar-refractivity contribution in [3.05, 3.63) is 29.7 Å². The fourth-order valence-electron chi connectivity index (χ4n) is 4.61. The Kier molecular flexibility index (Phi) is 4.81. The highest BCUT2D eigenvalue weighted by Gasteiger charge is 2.45. The van der Waals surface area contributed by atoms with Crippen molar-refractivity contribution in [2.45, 2.75) is 58.2 Å². The molecular weight excluding hydrogens is 359 g/mol. The fraction of sp³-hybridized carbons (Fsp3) is 0.619. The SMILES string of the molecule is CCN1CC(N2CCC(c3noc4cc(F)ccc34)CC2)N(C(C)(C)C)C1=O. The number of carbonyl (C=O) groups is 1. The van der Waals surface area contributed by atoms with E-state index in [1.165, 1.54) is 12.1 Å². The molecule has 1 aromatic heterocycles. The van der Waals surface area contributed by atoms with Gasteiger partial charge in [-0.1, -0.05) is 5.16 Å². The van der Waals surface area contributed by atoms with Crippen LogP contribution in [0.2, 0.25) is 0 Å². The van der Waals surface area contributed by atoms with Gasteiger partial charge >= 0.3 is 6.03 Å². The second kappa shape index (κ2) is 7.03. The Morgan fingerprint density at radius 2 is 1.96 bits per heavy atom. The van der Waals surface area contributed by atoms with Crippen LogP contribution in [0, 0.1) is 5.82 Å². The summed E-state index contributed by atoms with van der Waals surface area (Å²) < 4.78 is 18.8. The summed E-state index contributed by atoms with van der Waals surface area (Å²) in [5.41, 5.74) is 1.23. The van der Waals surface area contributed by atoms with E-state index in [0.29, 0.717) is 11.5 Å². The van der Waals surface area contributed by atoms with Crippen molar-refractivity contribution < 1.29 is 13.7 Å². The van der Waals surface area contributed by atoms with Gasteiger partial charge in [-0.2, -0.15) is 0 Å². The number of amides is 2. The van der Waals surface area contributed by atoms with Gasteiger partial charge in [0.15, 0.2) is 5.58 Å². The monoisotopic (exact) mass is 388 g/mol. The normalized spacial score (nSPS) is 22.6. The minimum Gasteiger partial charge on any atom is -0.356 e. The number of carbonyl (C=O) groups excluding carboxylic acids is 1. The van der Waals surface area contributed by atoms with Gasteiger partial charge in [-0.15, -0.1) is 0 Å². The minimum atomic E-state index is -0.307. The lowest BCUT2D eigenvalue weighted by molar-refractivity contribution is 0.0296. The molecule has 2 aliphatic heterocycles. The molecule has 0 bridgehead atoms. The highest BCUT2D eigenvalue weighted by Crippen LogP contribution is 2.35. The van der Waals surface area contributed by atoms with E-state index < -0.39 is 0 Å². The number of hydrogen-bond donors (Lipinski definition) is 0. The number of rotatable bonds is 3. The van der Waals surface area contributed by atoms with Gasteiger partial charge in [0.1, 0.15) is 12.0 Å². The first-order valence-electron chi connectivity index (χ1n) is 10.2. The molecule has 152 valence electrons. The maximum atomic E-state index is 13.4. The van der Waals surface area contributed by atoms with Crippen LogP contribution in [0.3, 0.4) is 0 Å². The molecule has 3 heterocycles. The molecule has 4 rings (SSSR count). The average molecular weight is 388 g/mol. The molecule has 1 atom stereocenters. The molecule has 0 aliphatic carbocycles. The van der Waals surface area contributed by atoms with Crippen LogP contribution in [0.5, 0.6) is 0 Å². The molecule has 2 aromatic rings. The third kappa shape index (κ3) is 3.26. The summed E-state index contributed by atoms with van der Waals surface area (Å²) >= 11 is 0. The number of piperidine rings is 1. The number of benzene rings is 1. The summed E-state index contributed by atoms with van der Waals surface area (Å²) in [5, 5.41) is 5.15. The van der Waals surface area contributed by atoms with E-state index in [9.17, 15) is 9.18 Å². The Morgan fingerprint density at radius 3 is 2.61 bits per heavy atom. The number of nitrogens with zero attached hydrogens (tertiary/aromatic N) is 4. The van der Waals surface area contributed by atoms with Crippen molar-refractivity contribution in [1.82, 2.24) is 19.9 Å². The molecule has 0 radical (unpaired) electrons. The van der Waals surface area contributed by atoms with Crippen LogP contribution < -0.4 is 0 Å². The number of urea groups is 1. The molecule has 1 aromatic carbocycles. The van der Waals surface area contributed by atoms with E-state index in [1.807, 2.05) is 16.7 Å². The number of hydrogen-bond acceptors (Lipinski definition) is 4. The predicted octanol–water partition coefficient (Wildman–Crippen LogP) is 4.03. The van der Waals surface area contributed by atoms with E-state index in [1.54, 1.807) is 6.07 Å². The number of likely N-dealkylation sites (N-methyl/N-ethyl adjacent to an activating group) is 1. The van der Waals surface area contributed by atoms with E-state index in [2.05, 4.69) is 30.8 Å². The fourth-order valence-corrected chi connectivity index (χ4v) is 4.61. The summed E-state index contributed by atoms with van der Waals surface area (Å²) in [7, 11) is 0. The summed E-state index contributed by atoms with van der Waals surface area (Å²) in [6, 6.07) is 4.75. The molecule has 28 heavy (non-hydrogen) atoms. The van der Waals surface area contributed by atoms with Gasteiger partial charge in [0, 0.05) is 42.5 Å². The maximum absolute atomic E-state index is 13.4.